The number of benzene rings is 1. The predicted octanol–water partition coefficient (Wildman–Crippen LogP) is 2.49. The first-order valence-corrected chi connectivity index (χ1v) is 7.42. The average molecular weight is 255 g/mol. The number of H-pyrrole nitrogens is 1. The van der Waals surface area contributed by atoms with E-state index in [0.29, 0.717) is 6.04 Å². The average Bonchev–Trinajstić information content (AvgIpc) is 3.00. The Kier molecular flexibility index (Phi) is 2.82. The lowest BCUT2D eigenvalue weighted by atomic mass is 10.1. The number of aromatic nitrogens is 1. The normalized spacial score (nSPS) is 24.3. The van der Waals surface area contributed by atoms with Crippen LogP contribution in [0.2, 0.25) is 0 Å². The number of aromatic amines is 1. The summed E-state index contributed by atoms with van der Waals surface area (Å²) in [5.41, 5.74) is 2.65. The lowest BCUT2D eigenvalue weighted by Gasteiger charge is -2.16. The van der Waals surface area contributed by atoms with Crippen LogP contribution in [-0.2, 0) is 6.54 Å². The van der Waals surface area contributed by atoms with Gasteiger partial charge in [0, 0.05) is 48.8 Å². The van der Waals surface area contributed by atoms with Gasteiger partial charge in [0.05, 0.1) is 0 Å². The summed E-state index contributed by atoms with van der Waals surface area (Å²) in [7, 11) is 0. The highest BCUT2D eigenvalue weighted by molar-refractivity contribution is 5.82. The molecule has 1 aromatic carbocycles. The summed E-state index contributed by atoms with van der Waals surface area (Å²) in [6.45, 7) is 3.52. The van der Waals surface area contributed by atoms with Gasteiger partial charge in [-0.3, -0.25) is 4.90 Å². The lowest BCUT2D eigenvalue weighted by molar-refractivity contribution is 0.317. The second-order valence-electron chi connectivity index (χ2n) is 5.95. The third kappa shape index (κ3) is 2.28. The van der Waals surface area contributed by atoms with Gasteiger partial charge >= 0.3 is 0 Å². The highest BCUT2D eigenvalue weighted by Crippen LogP contribution is 2.29. The van der Waals surface area contributed by atoms with E-state index in [0.717, 1.165) is 12.6 Å². The van der Waals surface area contributed by atoms with Crippen molar-refractivity contribution in [1.82, 2.24) is 15.2 Å². The van der Waals surface area contributed by atoms with Crippen molar-refractivity contribution in [2.45, 2.75) is 37.9 Å². The van der Waals surface area contributed by atoms with Crippen LogP contribution >= 0.6 is 0 Å². The first-order chi connectivity index (χ1) is 9.40. The maximum absolute atomic E-state index is 3.74. The van der Waals surface area contributed by atoms with Crippen LogP contribution in [0, 0.1) is 0 Å². The zero-order chi connectivity index (χ0) is 12.7. The molecule has 1 aromatic heterocycles. The van der Waals surface area contributed by atoms with Crippen LogP contribution in [0.1, 0.15) is 24.8 Å². The van der Waals surface area contributed by atoms with E-state index in [2.05, 4.69) is 39.5 Å². The van der Waals surface area contributed by atoms with E-state index in [4.69, 9.17) is 0 Å². The molecule has 0 bridgehead atoms. The second kappa shape index (κ2) is 4.66. The molecule has 0 spiro atoms. The van der Waals surface area contributed by atoms with E-state index < -0.39 is 0 Å². The van der Waals surface area contributed by atoms with Gasteiger partial charge in [-0.05, 0) is 37.0 Å². The number of nitrogens with one attached hydrogen (secondary N) is 2. The van der Waals surface area contributed by atoms with Crippen LogP contribution in [0.15, 0.2) is 30.5 Å². The fourth-order valence-electron chi connectivity index (χ4n) is 3.28. The molecule has 1 unspecified atom stereocenters. The van der Waals surface area contributed by atoms with E-state index in [1.807, 2.05) is 6.20 Å². The van der Waals surface area contributed by atoms with Gasteiger partial charge in [0.25, 0.3) is 0 Å². The molecule has 0 amide bonds. The zero-order valence-corrected chi connectivity index (χ0v) is 11.2. The maximum atomic E-state index is 3.74. The molecule has 1 aliphatic heterocycles. The van der Waals surface area contributed by atoms with Gasteiger partial charge in [-0.2, -0.15) is 0 Å². The van der Waals surface area contributed by atoms with Crippen LogP contribution < -0.4 is 5.32 Å². The van der Waals surface area contributed by atoms with Crippen molar-refractivity contribution in [2.24, 2.45) is 0 Å². The monoisotopic (exact) mass is 255 g/mol. The molecule has 1 saturated heterocycles. The summed E-state index contributed by atoms with van der Waals surface area (Å²) in [5.74, 6) is 0. The maximum Gasteiger partial charge on any atom is 0.0457 e. The number of hydrogen-bond donors (Lipinski definition) is 2. The minimum atomic E-state index is 0.676. The molecular formula is C16H21N3. The molecule has 2 aromatic rings. The highest BCUT2D eigenvalue weighted by atomic mass is 15.2. The van der Waals surface area contributed by atoms with E-state index in [-0.39, 0.29) is 0 Å². The van der Waals surface area contributed by atoms with Gasteiger partial charge < -0.3 is 10.3 Å². The van der Waals surface area contributed by atoms with Crippen LogP contribution in [0.3, 0.4) is 0 Å². The van der Waals surface area contributed by atoms with Crippen LogP contribution in [-0.4, -0.2) is 35.1 Å². The Hall–Kier alpha value is -1.32. The number of likely N-dealkylation sites (tertiary alicyclic amines) is 1. The summed E-state index contributed by atoms with van der Waals surface area (Å²) in [6.07, 6.45) is 6.18. The van der Waals surface area contributed by atoms with Crippen molar-refractivity contribution in [3.05, 3.63) is 36.0 Å². The molecule has 1 aliphatic carbocycles. The number of nitrogens with zero attached hydrogens (tertiary/aromatic N) is 1. The third-order valence-corrected chi connectivity index (χ3v) is 4.55. The summed E-state index contributed by atoms with van der Waals surface area (Å²) < 4.78 is 0. The highest BCUT2D eigenvalue weighted by Gasteiger charge is 2.34. The number of rotatable bonds is 4. The van der Waals surface area contributed by atoms with Gasteiger partial charge in [0.15, 0.2) is 0 Å². The van der Waals surface area contributed by atoms with E-state index in [1.54, 1.807) is 0 Å². The van der Waals surface area contributed by atoms with Gasteiger partial charge in [-0.1, -0.05) is 12.1 Å². The summed E-state index contributed by atoms with van der Waals surface area (Å²) in [5, 5.41) is 5.09. The Labute approximate surface area is 114 Å². The van der Waals surface area contributed by atoms with Crippen molar-refractivity contribution in [1.29, 1.82) is 0 Å². The molecule has 2 N–H and O–H groups in total. The van der Waals surface area contributed by atoms with E-state index in [9.17, 15) is 0 Å². The topological polar surface area (TPSA) is 31.1 Å². The molecule has 4 rings (SSSR count). The fraction of sp³-hybridized carbons (Fsp3) is 0.500. The van der Waals surface area contributed by atoms with Gasteiger partial charge in [-0.25, -0.2) is 0 Å². The molecule has 2 aliphatic rings. The summed E-state index contributed by atoms with van der Waals surface area (Å²) in [6, 6.07) is 10.3. The summed E-state index contributed by atoms with van der Waals surface area (Å²) in [4.78, 5) is 5.94. The molecular weight excluding hydrogens is 234 g/mol. The number of hydrogen-bond acceptors (Lipinski definition) is 2. The van der Waals surface area contributed by atoms with Gasteiger partial charge in [0.2, 0.25) is 0 Å². The predicted molar refractivity (Wildman–Crippen MR) is 78.1 cm³/mol. The third-order valence-electron chi connectivity index (χ3n) is 4.55. The Balaban J connectivity index is 1.40. The fourth-order valence-corrected chi connectivity index (χ4v) is 3.28. The minimum Gasteiger partial charge on any atom is -0.361 e. The second-order valence-corrected chi connectivity index (χ2v) is 5.95. The Morgan fingerprint density at radius 3 is 3.05 bits per heavy atom. The molecule has 2 heterocycles. The smallest absolute Gasteiger partial charge is 0.0457 e. The molecule has 3 nitrogen and oxygen atoms in total. The molecule has 2 fully saturated rings. The molecule has 1 atom stereocenters. The molecule has 3 heteroatoms. The van der Waals surface area contributed by atoms with Crippen molar-refractivity contribution in [3.63, 3.8) is 0 Å². The van der Waals surface area contributed by atoms with Crippen molar-refractivity contribution < 1.29 is 0 Å². The van der Waals surface area contributed by atoms with Crippen molar-refractivity contribution >= 4 is 10.9 Å². The Morgan fingerprint density at radius 1 is 1.21 bits per heavy atom. The Morgan fingerprint density at radius 2 is 2.16 bits per heavy atom. The van der Waals surface area contributed by atoms with Gasteiger partial charge in [-0.15, -0.1) is 0 Å². The van der Waals surface area contributed by atoms with Crippen LogP contribution in [0.4, 0.5) is 0 Å². The van der Waals surface area contributed by atoms with Crippen LogP contribution in [0.5, 0.6) is 0 Å². The zero-order valence-electron chi connectivity index (χ0n) is 11.2. The first kappa shape index (κ1) is 11.5. The lowest BCUT2D eigenvalue weighted by Crippen LogP contribution is -2.32. The minimum absolute atomic E-state index is 0.676. The summed E-state index contributed by atoms with van der Waals surface area (Å²) >= 11 is 0. The van der Waals surface area contributed by atoms with Crippen molar-refractivity contribution in [2.75, 3.05) is 13.1 Å². The van der Waals surface area contributed by atoms with Crippen molar-refractivity contribution in [3.8, 4) is 0 Å². The largest absolute Gasteiger partial charge is 0.361 e. The SMILES string of the molecule is c1cc(CNC2CCN(C3CC3)C2)c2cc[nH]c2c1. The molecule has 1 saturated carbocycles. The molecule has 19 heavy (non-hydrogen) atoms. The molecule has 100 valence electrons. The number of fused-ring (bicyclic) bond motifs is 1. The van der Waals surface area contributed by atoms with E-state index >= 15 is 0 Å². The van der Waals surface area contributed by atoms with E-state index in [1.165, 1.54) is 48.8 Å². The van der Waals surface area contributed by atoms with Gasteiger partial charge in [0.1, 0.15) is 0 Å². The molecule has 0 radical (unpaired) electrons. The standard InChI is InChI=1S/C16H21N3/c1-2-12(15-6-8-17-16(15)3-1)10-18-13-7-9-19(11-13)14-4-5-14/h1-3,6,8,13-14,17-18H,4-5,7,9-11H2. The van der Waals surface area contributed by atoms with Crippen LogP contribution in [0.25, 0.3) is 10.9 Å². The Bertz CT molecular complexity index is 570. The first-order valence-electron chi connectivity index (χ1n) is 7.42. The quantitative estimate of drug-likeness (QED) is 0.879.